The molecule has 3 aromatic carbocycles. The fourth-order valence-corrected chi connectivity index (χ4v) is 5.57. The number of hydrogen-bond donors (Lipinski definition) is 0. The average molecular weight is 571 g/mol. The fraction of sp³-hybridized carbons (Fsp3) is 0.355. The molecule has 38 heavy (non-hydrogen) atoms. The first-order chi connectivity index (χ1) is 18.5. The minimum Gasteiger partial charge on any atom is -0.493 e. The standard InChI is InChI=1S/C31H38FO3P3/c1-21-2-4-22(5-3-21)17-35-31-26(19-37)14-25(15-27(31)20-38)24-8-11-30(29(32)16-24)34-13-12-33-28-9-6-23(18-36)7-10-28/h6-11,14-16,22H,1-5,12-13,17-20,36-38H2. The molecule has 0 radical (unpaired) electrons. The van der Waals surface area contributed by atoms with Gasteiger partial charge in [-0.25, -0.2) is 4.39 Å². The van der Waals surface area contributed by atoms with E-state index in [9.17, 15) is 4.39 Å². The summed E-state index contributed by atoms with van der Waals surface area (Å²) in [4.78, 5) is 0. The van der Waals surface area contributed by atoms with Crippen LogP contribution in [0.25, 0.3) is 11.1 Å². The summed E-state index contributed by atoms with van der Waals surface area (Å²) in [6.07, 6.45) is 6.95. The summed E-state index contributed by atoms with van der Waals surface area (Å²) >= 11 is 0. The molecule has 1 saturated carbocycles. The Morgan fingerprint density at radius 2 is 1.42 bits per heavy atom. The lowest BCUT2D eigenvalue weighted by atomic mass is 9.87. The van der Waals surface area contributed by atoms with E-state index < -0.39 is 0 Å². The van der Waals surface area contributed by atoms with Gasteiger partial charge in [-0.3, -0.25) is 0 Å². The zero-order valence-corrected chi connectivity index (χ0v) is 25.4. The molecule has 0 heterocycles. The molecule has 0 N–H and O–H groups in total. The lowest BCUT2D eigenvalue weighted by Crippen LogP contribution is -2.17. The van der Waals surface area contributed by atoms with Crippen molar-refractivity contribution in [2.24, 2.45) is 5.92 Å². The van der Waals surface area contributed by atoms with E-state index in [0.717, 1.165) is 84.5 Å². The third-order valence-electron chi connectivity index (χ3n) is 6.99. The van der Waals surface area contributed by atoms with E-state index in [0.29, 0.717) is 12.5 Å². The third kappa shape index (κ3) is 7.79. The van der Waals surface area contributed by atoms with Gasteiger partial charge in [-0.2, -0.15) is 0 Å². The predicted molar refractivity (Wildman–Crippen MR) is 166 cm³/mol. The molecule has 3 atom stereocenters. The van der Waals surface area contributed by atoms with Gasteiger partial charge in [-0.1, -0.05) is 30.4 Å². The van der Waals surface area contributed by atoms with Crippen LogP contribution in [0.3, 0.4) is 0 Å². The molecule has 3 nitrogen and oxygen atoms in total. The maximum atomic E-state index is 15.0. The van der Waals surface area contributed by atoms with E-state index in [1.165, 1.54) is 11.1 Å². The first-order valence-electron chi connectivity index (χ1n) is 13.2. The highest BCUT2D eigenvalue weighted by molar-refractivity contribution is 7.15. The van der Waals surface area contributed by atoms with Crippen molar-refractivity contribution in [1.29, 1.82) is 0 Å². The van der Waals surface area contributed by atoms with Gasteiger partial charge < -0.3 is 14.2 Å². The zero-order chi connectivity index (χ0) is 26.9. The van der Waals surface area contributed by atoms with Crippen molar-refractivity contribution in [3.8, 4) is 28.4 Å². The van der Waals surface area contributed by atoms with Gasteiger partial charge >= 0.3 is 0 Å². The van der Waals surface area contributed by atoms with Gasteiger partial charge in [0, 0.05) is 0 Å². The predicted octanol–water partition coefficient (Wildman–Crippen LogP) is 8.20. The molecule has 0 aliphatic heterocycles. The molecule has 1 aliphatic rings. The highest BCUT2D eigenvalue weighted by Gasteiger charge is 2.19. The Morgan fingerprint density at radius 3 is 2.03 bits per heavy atom. The molecule has 7 heteroatoms. The van der Waals surface area contributed by atoms with Crippen LogP contribution in [-0.2, 0) is 18.5 Å². The molecule has 0 spiro atoms. The van der Waals surface area contributed by atoms with Gasteiger partial charge in [0.1, 0.15) is 24.7 Å². The maximum Gasteiger partial charge on any atom is 0.165 e. The molecule has 0 bridgehead atoms. The van der Waals surface area contributed by atoms with E-state index in [1.54, 1.807) is 12.1 Å². The Kier molecular flexibility index (Phi) is 11.0. The smallest absolute Gasteiger partial charge is 0.165 e. The quantitative estimate of drug-likeness (QED) is 0.125. The maximum absolute atomic E-state index is 15.0. The van der Waals surface area contributed by atoms with Crippen LogP contribution in [0.5, 0.6) is 17.2 Å². The summed E-state index contributed by atoms with van der Waals surface area (Å²) in [7, 11) is 8.31. The molecule has 3 aromatic rings. The summed E-state index contributed by atoms with van der Waals surface area (Å²) in [6, 6.07) is 17.3. The zero-order valence-electron chi connectivity index (χ0n) is 21.9. The number of benzene rings is 3. The van der Waals surface area contributed by atoms with Crippen molar-refractivity contribution in [3.63, 3.8) is 0 Å². The number of ether oxygens (including phenoxy) is 3. The molecule has 0 amide bonds. The molecule has 1 aliphatic carbocycles. The van der Waals surface area contributed by atoms with Crippen molar-refractivity contribution >= 4 is 27.7 Å². The average Bonchev–Trinajstić information content (AvgIpc) is 2.95. The van der Waals surface area contributed by atoms with Crippen LogP contribution in [0.1, 0.15) is 42.4 Å². The first-order valence-corrected chi connectivity index (χ1v) is 15.7. The molecular weight excluding hydrogens is 532 g/mol. The van der Waals surface area contributed by atoms with Gasteiger partial charge in [-0.15, -0.1) is 27.7 Å². The Balaban J connectivity index is 1.39. The Bertz CT molecular complexity index is 1190. The topological polar surface area (TPSA) is 27.7 Å². The largest absolute Gasteiger partial charge is 0.493 e. The summed E-state index contributed by atoms with van der Waals surface area (Å²) in [5.41, 5.74) is 6.61. The van der Waals surface area contributed by atoms with Gasteiger partial charge in [0.05, 0.1) is 6.61 Å². The van der Waals surface area contributed by atoms with Gasteiger partial charge in [0.15, 0.2) is 11.6 Å². The first kappa shape index (κ1) is 29.0. The van der Waals surface area contributed by atoms with Crippen molar-refractivity contribution in [3.05, 3.63) is 89.3 Å². The van der Waals surface area contributed by atoms with E-state index >= 15 is 0 Å². The van der Waals surface area contributed by atoms with Crippen molar-refractivity contribution < 1.29 is 18.6 Å². The Morgan fingerprint density at radius 1 is 0.763 bits per heavy atom. The monoisotopic (exact) mass is 570 g/mol. The molecule has 202 valence electrons. The molecule has 0 aromatic heterocycles. The van der Waals surface area contributed by atoms with Crippen LogP contribution in [0.2, 0.25) is 0 Å². The normalized spacial score (nSPS) is 13.9. The number of rotatable bonds is 12. The second-order valence-corrected chi connectivity index (χ2v) is 11.0. The van der Waals surface area contributed by atoms with E-state index in [1.807, 2.05) is 30.3 Å². The second kappa shape index (κ2) is 14.4. The third-order valence-corrected chi connectivity index (χ3v) is 8.34. The highest BCUT2D eigenvalue weighted by atomic mass is 31.0. The van der Waals surface area contributed by atoms with Crippen LogP contribution < -0.4 is 14.2 Å². The lowest BCUT2D eigenvalue weighted by Gasteiger charge is -2.25. The summed E-state index contributed by atoms with van der Waals surface area (Å²) in [5.74, 6) is 2.16. The van der Waals surface area contributed by atoms with Crippen LogP contribution in [0.4, 0.5) is 4.39 Å². The van der Waals surface area contributed by atoms with Crippen LogP contribution in [-0.4, -0.2) is 19.8 Å². The molecule has 0 saturated heterocycles. The summed E-state index contributed by atoms with van der Waals surface area (Å²) in [5, 5.41) is 0. The Hall–Kier alpha value is -1.98. The minimum atomic E-state index is -0.383. The van der Waals surface area contributed by atoms with E-state index in [4.69, 9.17) is 14.2 Å². The number of hydrogen-bond acceptors (Lipinski definition) is 3. The minimum absolute atomic E-state index is 0.225. The molecule has 4 rings (SSSR count). The van der Waals surface area contributed by atoms with Gasteiger partial charge in [0.2, 0.25) is 0 Å². The summed E-state index contributed by atoms with van der Waals surface area (Å²) in [6.45, 7) is 5.45. The van der Waals surface area contributed by atoms with Crippen LogP contribution >= 0.6 is 27.7 Å². The molecular formula is C31H38FO3P3. The van der Waals surface area contributed by atoms with Crippen molar-refractivity contribution in [2.75, 3.05) is 19.8 Å². The van der Waals surface area contributed by atoms with Gasteiger partial charge in [-0.05, 0) is 114 Å². The SMILES string of the molecule is C=C1CCC(COc2c(CP)cc(-c3ccc(OCCOc4ccc(CP)cc4)c(F)c3)cc2CP)CC1. The van der Waals surface area contributed by atoms with E-state index in [2.05, 4.69) is 46.4 Å². The van der Waals surface area contributed by atoms with Crippen LogP contribution in [0.15, 0.2) is 66.7 Å². The van der Waals surface area contributed by atoms with E-state index in [-0.39, 0.29) is 18.2 Å². The summed E-state index contributed by atoms with van der Waals surface area (Å²) < 4.78 is 32.7. The van der Waals surface area contributed by atoms with Crippen molar-refractivity contribution in [2.45, 2.75) is 44.2 Å². The number of allylic oxidation sites excluding steroid dienone is 1. The van der Waals surface area contributed by atoms with Crippen molar-refractivity contribution in [1.82, 2.24) is 0 Å². The van der Waals surface area contributed by atoms with Gasteiger partial charge in [0.25, 0.3) is 0 Å². The second-order valence-electron chi connectivity index (χ2n) is 9.73. The lowest BCUT2D eigenvalue weighted by molar-refractivity contribution is 0.211. The van der Waals surface area contributed by atoms with Crippen LogP contribution in [0, 0.1) is 11.7 Å². The molecule has 1 fully saturated rings. The Labute approximate surface area is 233 Å². The molecule has 3 unspecified atom stereocenters. The fourth-order valence-electron chi connectivity index (χ4n) is 4.69. The number of halogens is 1. The highest BCUT2D eigenvalue weighted by Crippen LogP contribution is 2.36.